The number of rotatable bonds is 4. The fraction of sp³-hybridized carbons (Fsp3) is 0. The van der Waals surface area contributed by atoms with E-state index in [0.717, 1.165) is 17.5 Å². The van der Waals surface area contributed by atoms with Gasteiger partial charge < -0.3 is 10.2 Å². The van der Waals surface area contributed by atoms with Crippen molar-refractivity contribution in [2.24, 2.45) is 0 Å². The number of benzene rings is 5. The fourth-order valence-electron chi connectivity index (χ4n) is 4.07. The van der Waals surface area contributed by atoms with E-state index in [4.69, 9.17) is 0 Å². The normalized spacial score (nSPS) is 11.7. The molecule has 34 heavy (non-hydrogen) atoms. The molecule has 5 rings (SSSR count). The summed E-state index contributed by atoms with van der Waals surface area (Å²) in [5.41, 5.74) is 0.555. The van der Waals surface area contributed by atoms with Crippen LogP contribution in [0.3, 0.4) is 0 Å². The van der Waals surface area contributed by atoms with Gasteiger partial charge in [0.2, 0.25) is 0 Å². The van der Waals surface area contributed by atoms with Crippen LogP contribution < -0.4 is 4.72 Å². The Bertz CT molecular complexity index is 1700. The number of anilines is 1. The van der Waals surface area contributed by atoms with E-state index in [1.165, 1.54) is 12.1 Å². The molecule has 0 aromatic heterocycles. The fourth-order valence-corrected chi connectivity index (χ4v) is 5.20. The van der Waals surface area contributed by atoms with Crippen LogP contribution in [0, 0.1) is 11.6 Å². The second kappa shape index (κ2) is 8.00. The van der Waals surface area contributed by atoms with Crippen molar-refractivity contribution in [1.29, 1.82) is 0 Å². The first-order valence-corrected chi connectivity index (χ1v) is 11.7. The van der Waals surface area contributed by atoms with Crippen molar-refractivity contribution in [2.45, 2.75) is 4.90 Å². The molecule has 0 unspecified atom stereocenters. The van der Waals surface area contributed by atoms with Crippen LogP contribution in [0.2, 0.25) is 0 Å². The average Bonchev–Trinajstić information content (AvgIpc) is 2.81. The molecule has 0 saturated heterocycles. The van der Waals surface area contributed by atoms with Gasteiger partial charge in [0.1, 0.15) is 28.0 Å². The van der Waals surface area contributed by atoms with Crippen LogP contribution in [0.5, 0.6) is 11.5 Å². The van der Waals surface area contributed by atoms with Crippen LogP contribution in [0.15, 0.2) is 89.8 Å². The first-order chi connectivity index (χ1) is 16.3. The Balaban J connectivity index is 1.77. The highest BCUT2D eigenvalue weighted by Gasteiger charge is 2.23. The molecule has 0 radical (unpaired) electrons. The summed E-state index contributed by atoms with van der Waals surface area (Å²) in [5, 5.41) is 23.9. The van der Waals surface area contributed by atoms with Gasteiger partial charge in [0.25, 0.3) is 10.0 Å². The molecule has 0 spiro atoms. The minimum Gasteiger partial charge on any atom is -0.507 e. The monoisotopic (exact) mass is 477 g/mol. The maximum absolute atomic E-state index is 14.3. The molecule has 0 saturated carbocycles. The topological polar surface area (TPSA) is 86.6 Å². The Kier molecular flexibility index (Phi) is 5.10. The summed E-state index contributed by atoms with van der Waals surface area (Å²) in [6.45, 7) is 0. The van der Waals surface area contributed by atoms with E-state index < -0.39 is 26.6 Å². The van der Waals surface area contributed by atoms with E-state index in [9.17, 15) is 27.4 Å². The van der Waals surface area contributed by atoms with E-state index >= 15 is 0 Å². The van der Waals surface area contributed by atoms with Crippen LogP contribution in [0.25, 0.3) is 32.7 Å². The van der Waals surface area contributed by atoms with Gasteiger partial charge >= 0.3 is 0 Å². The number of sulfonamides is 1. The van der Waals surface area contributed by atoms with E-state index in [2.05, 4.69) is 4.72 Å². The predicted octanol–water partition coefficient (Wildman–Crippen LogP) is 6.15. The minimum atomic E-state index is -4.45. The number of hydrogen-bond donors (Lipinski definition) is 3. The molecule has 0 heterocycles. The van der Waals surface area contributed by atoms with E-state index in [1.807, 2.05) is 12.1 Å². The summed E-state index contributed by atoms with van der Waals surface area (Å²) in [6, 6.07) is 20.6. The van der Waals surface area contributed by atoms with E-state index in [-0.39, 0.29) is 22.7 Å². The summed E-state index contributed by atoms with van der Waals surface area (Å²) in [7, 11) is -4.45. The van der Waals surface area contributed by atoms with Gasteiger partial charge in [0.05, 0.1) is 5.69 Å². The van der Waals surface area contributed by atoms with Gasteiger partial charge in [-0.05, 0) is 35.0 Å². The Morgan fingerprint density at radius 1 is 0.735 bits per heavy atom. The molecule has 170 valence electrons. The standard InChI is InChI=1S/C26H17F2NO4S/c27-16-10-12-24(21(28)13-16)34(32,33)29-22-14-20(26(31)19-8-4-3-7-18(19)22)25-17-6-2-1-5-15(17)9-11-23(25)30/h1-14,29-31H. The quantitative estimate of drug-likeness (QED) is 0.271. The van der Waals surface area contributed by atoms with Crippen LogP contribution in [-0.4, -0.2) is 18.6 Å². The Hall–Kier alpha value is -4.17. The second-order valence-corrected chi connectivity index (χ2v) is 9.38. The first kappa shape index (κ1) is 21.7. The Morgan fingerprint density at radius 3 is 2.15 bits per heavy atom. The SMILES string of the molecule is O=S(=O)(Nc1cc(-c2c(O)ccc3ccccc23)c(O)c2ccccc12)c1ccc(F)cc1F. The highest BCUT2D eigenvalue weighted by atomic mass is 32.2. The van der Waals surface area contributed by atoms with Crippen molar-refractivity contribution < 1.29 is 27.4 Å². The smallest absolute Gasteiger partial charge is 0.264 e. The van der Waals surface area contributed by atoms with Crippen molar-refractivity contribution in [1.82, 2.24) is 0 Å². The molecule has 0 atom stereocenters. The average molecular weight is 477 g/mol. The zero-order chi connectivity index (χ0) is 24.0. The van der Waals surface area contributed by atoms with E-state index in [0.29, 0.717) is 27.8 Å². The largest absolute Gasteiger partial charge is 0.507 e. The van der Waals surface area contributed by atoms with Crippen LogP contribution in [-0.2, 0) is 10.0 Å². The van der Waals surface area contributed by atoms with Crippen molar-refractivity contribution in [3.63, 3.8) is 0 Å². The third-order valence-corrected chi connectivity index (χ3v) is 7.02. The zero-order valence-corrected chi connectivity index (χ0v) is 18.3. The molecule has 5 aromatic rings. The molecule has 5 nitrogen and oxygen atoms in total. The highest BCUT2D eigenvalue weighted by molar-refractivity contribution is 7.92. The van der Waals surface area contributed by atoms with Crippen LogP contribution in [0.1, 0.15) is 0 Å². The second-order valence-electron chi connectivity index (χ2n) is 7.73. The van der Waals surface area contributed by atoms with Crippen LogP contribution >= 0.6 is 0 Å². The van der Waals surface area contributed by atoms with Crippen LogP contribution in [0.4, 0.5) is 14.5 Å². The highest BCUT2D eigenvalue weighted by Crippen LogP contribution is 2.46. The number of nitrogens with one attached hydrogen (secondary N) is 1. The summed E-state index contributed by atoms with van der Waals surface area (Å²) >= 11 is 0. The summed E-state index contributed by atoms with van der Waals surface area (Å²) < 4.78 is 55.9. The molecular weight excluding hydrogens is 460 g/mol. The predicted molar refractivity (Wildman–Crippen MR) is 127 cm³/mol. The molecule has 0 bridgehead atoms. The number of phenolic OH excluding ortho intramolecular Hbond substituents is 2. The number of hydrogen-bond acceptors (Lipinski definition) is 4. The lowest BCUT2D eigenvalue weighted by molar-refractivity contribution is 0.472. The molecule has 0 aliphatic rings. The van der Waals surface area contributed by atoms with Gasteiger partial charge in [-0.1, -0.05) is 54.6 Å². The first-order valence-electron chi connectivity index (χ1n) is 10.2. The third-order valence-electron chi connectivity index (χ3n) is 5.62. The van der Waals surface area contributed by atoms with Gasteiger partial charge in [0, 0.05) is 28.0 Å². The molecule has 0 aliphatic heterocycles. The summed E-state index contributed by atoms with van der Waals surface area (Å²) in [4.78, 5) is -0.722. The Morgan fingerprint density at radius 2 is 1.41 bits per heavy atom. The van der Waals surface area contributed by atoms with E-state index in [1.54, 1.807) is 42.5 Å². The molecule has 0 aliphatic carbocycles. The van der Waals surface area contributed by atoms with Crippen molar-refractivity contribution >= 4 is 37.3 Å². The molecule has 0 fully saturated rings. The maximum atomic E-state index is 14.3. The van der Waals surface area contributed by atoms with Gasteiger partial charge in [-0.25, -0.2) is 17.2 Å². The van der Waals surface area contributed by atoms with Gasteiger partial charge in [-0.2, -0.15) is 0 Å². The lowest BCUT2D eigenvalue weighted by Gasteiger charge is -2.17. The molecule has 0 amide bonds. The number of fused-ring (bicyclic) bond motifs is 2. The number of phenols is 2. The Labute approximate surface area is 193 Å². The maximum Gasteiger partial charge on any atom is 0.264 e. The van der Waals surface area contributed by atoms with Gasteiger partial charge in [-0.3, -0.25) is 4.72 Å². The summed E-state index contributed by atoms with van der Waals surface area (Å²) in [6.07, 6.45) is 0. The summed E-state index contributed by atoms with van der Waals surface area (Å²) in [5.74, 6) is -2.40. The van der Waals surface area contributed by atoms with Crippen molar-refractivity contribution in [3.05, 3.63) is 96.6 Å². The number of halogens is 2. The zero-order valence-electron chi connectivity index (χ0n) is 17.5. The van der Waals surface area contributed by atoms with Crippen molar-refractivity contribution in [3.8, 4) is 22.6 Å². The van der Waals surface area contributed by atoms with Gasteiger partial charge in [0.15, 0.2) is 0 Å². The number of aromatic hydroxyl groups is 2. The lowest BCUT2D eigenvalue weighted by Crippen LogP contribution is -2.15. The minimum absolute atomic E-state index is 0.0551. The molecule has 5 aromatic carbocycles. The third kappa shape index (κ3) is 3.58. The molecule has 8 heteroatoms. The van der Waals surface area contributed by atoms with Gasteiger partial charge in [-0.15, -0.1) is 0 Å². The van der Waals surface area contributed by atoms with Crippen molar-refractivity contribution in [2.75, 3.05) is 4.72 Å². The lowest BCUT2D eigenvalue weighted by atomic mass is 9.93. The molecular formula is C26H17F2NO4S. The molecule has 3 N–H and O–H groups in total.